The molecule has 2 N–H and O–H groups in total. The van der Waals surface area contributed by atoms with Crippen LogP contribution in [0.1, 0.15) is 26.7 Å². The second-order valence-corrected chi connectivity index (χ2v) is 4.88. The van der Waals surface area contributed by atoms with Gasteiger partial charge in [0, 0.05) is 6.92 Å². The fourth-order valence-electron chi connectivity index (χ4n) is 2.06. The zero-order valence-corrected chi connectivity index (χ0v) is 13.2. The molecule has 0 aromatic heterocycles. The maximum absolute atomic E-state index is 12.0. The molecule has 1 aromatic rings. The highest BCUT2D eigenvalue weighted by atomic mass is 16.5. The van der Waals surface area contributed by atoms with E-state index in [-0.39, 0.29) is 26.1 Å². The summed E-state index contributed by atoms with van der Waals surface area (Å²) in [4.78, 5) is 34.9. The van der Waals surface area contributed by atoms with E-state index in [1.54, 1.807) is 19.1 Å². The van der Waals surface area contributed by atoms with E-state index in [2.05, 4.69) is 5.32 Å². The van der Waals surface area contributed by atoms with Gasteiger partial charge in [-0.15, -0.1) is 0 Å². The van der Waals surface area contributed by atoms with Crippen molar-refractivity contribution in [2.24, 2.45) is 0 Å². The number of carboxylic acid groups (broad SMARTS) is 1. The smallest absolute Gasteiger partial charge is 0.343 e. The number of carbonyl (C=O) groups is 3. The number of nitrogens with one attached hydrogen (secondary N) is 1. The molecule has 0 fully saturated rings. The number of esters is 1. The number of carboxylic acids is 1. The largest absolute Gasteiger partial charge is 0.494 e. The lowest BCUT2D eigenvalue weighted by molar-refractivity contribution is -0.165. The van der Waals surface area contributed by atoms with Crippen LogP contribution in [0, 0.1) is 0 Å². The van der Waals surface area contributed by atoms with Gasteiger partial charge in [0.15, 0.2) is 0 Å². The Morgan fingerprint density at radius 3 is 2.39 bits per heavy atom. The van der Waals surface area contributed by atoms with Crippen LogP contribution in [-0.2, 0) is 19.1 Å². The van der Waals surface area contributed by atoms with Gasteiger partial charge >= 0.3 is 11.9 Å². The van der Waals surface area contributed by atoms with E-state index in [0.29, 0.717) is 5.75 Å². The zero-order valence-electron chi connectivity index (χ0n) is 13.2. The summed E-state index contributed by atoms with van der Waals surface area (Å²) in [6.07, 6.45) is 0.119. The molecule has 0 saturated heterocycles. The van der Waals surface area contributed by atoms with Crippen LogP contribution < -0.4 is 10.1 Å². The fraction of sp³-hybridized carbons (Fsp3) is 0.438. The lowest BCUT2D eigenvalue weighted by Gasteiger charge is -2.27. The quantitative estimate of drug-likeness (QED) is 0.404. The molecule has 7 nitrogen and oxygen atoms in total. The van der Waals surface area contributed by atoms with Gasteiger partial charge in [0.05, 0.1) is 13.2 Å². The summed E-state index contributed by atoms with van der Waals surface area (Å²) in [6, 6.07) is 9.01. The highest BCUT2D eigenvalue weighted by Crippen LogP contribution is 2.18. The molecule has 1 rings (SSSR count). The van der Waals surface area contributed by atoms with Gasteiger partial charge in [-0.05, 0) is 31.9 Å². The molecule has 126 valence electrons. The molecule has 1 unspecified atom stereocenters. The molecule has 0 aliphatic rings. The van der Waals surface area contributed by atoms with E-state index in [1.807, 2.05) is 18.2 Å². The van der Waals surface area contributed by atoms with Crippen molar-refractivity contribution in [2.75, 3.05) is 13.2 Å². The summed E-state index contributed by atoms with van der Waals surface area (Å²) in [5.74, 6) is -2.42. The molecule has 0 spiro atoms. The third-order valence-corrected chi connectivity index (χ3v) is 3.09. The zero-order chi connectivity index (χ0) is 17.3. The molecule has 1 aromatic carbocycles. The van der Waals surface area contributed by atoms with E-state index in [1.165, 1.54) is 0 Å². The molecule has 1 amide bonds. The molecule has 1 atom stereocenters. The van der Waals surface area contributed by atoms with E-state index in [9.17, 15) is 19.5 Å². The minimum Gasteiger partial charge on any atom is -0.494 e. The van der Waals surface area contributed by atoms with Gasteiger partial charge < -0.3 is 19.9 Å². The standard InChI is InChI=1S/C16H21NO6/c1-3-22-15(21)16(14(19)20,17-12(2)18)10-7-11-23-13-8-5-4-6-9-13/h4-6,8-9H,3,7,10-11H2,1-2H3,(H,17,18)(H,19,20). The summed E-state index contributed by atoms with van der Waals surface area (Å²) in [5.41, 5.74) is -2.10. The van der Waals surface area contributed by atoms with E-state index in [4.69, 9.17) is 9.47 Å². The van der Waals surface area contributed by atoms with Crippen molar-refractivity contribution in [1.82, 2.24) is 5.32 Å². The number of benzene rings is 1. The van der Waals surface area contributed by atoms with E-state index >= 15 is 0 Å². The third kappa shape index (κ3) is 5.28. The van der Waals surface area contributed by atoms with Crippen molar-refractivity contribution in [1.29, 1.82) is 0 Å². The average molecular weight is 323 g/mol. The first-order valence-electron chi connectivity index (χ1n) is 7.29. The Morgan fingerprint density at radius 1 is 1.22 bits per heavy atom. The lowest BCUT2D eigenvalue weighted by atomic mass is 9.93. The molecular weight excluding hydrogens is 302 g/mol. The average Bonchev–Trinajstić information content (AvgIpc) is 2.51. The van der Waals surface area contributed by atoms with Crippen molar-refractivity contribution in [2.45, 2.75) is 32.2 Å². The number of hydrogen-bond acceptors (Lipinski definition) is 5. The predicted molar refractivity (Wildman–Crippen MR) is 82.0 cm³/mol. The number of ether oxygens (including phenoxy) is 2. The lowest BCUT2D eigenvalue weighted by Crippen LogP contribution is -2.60. The van der Waals surface area contributed by atoms with Crippen molar-refractivity contribution in [3.8, 4) is 5.75 Å². The topological polar surface area (TPSA) is 102 Å². The van der Waals surface area contributed by atoms with Gasteiger partial charge in [-0.2, -0.15) is 0 Å². The van der Waals surface area contributed by atoms with Gasteiger partial charge in [0.1, 0.15) is 5.75 Å². The Kier molecular flexibility index (Phi) is 7.05. The normalized spacial score (nSPS) is 12.8. The molecular formula is C16H21NO6. The van der Waals surface area contributed by atoms with Crippen molar-refractivity contribution < 1.29 is 29.0 Å². The first-order chi connectivity index (χ1) is 10.9. The molecule has 0 saturated carbocycles. The highest BCUT2D eigenvalue weighted by Gasteiger charge is 2.48. The van der Waals surface area contributed by atoms with Gasteiger partial charge in [0.2, 0.25) is 11.4 Å². The second kappa shape index (κ2) is 8.77. The molecule has 0 aliphatic heterocycles. The number of carbonyl (C=O) groups excluding carboxylic acids is 2. The van der Waals surface area contributed by atoms with Gasteiger partial charge in [-0.1, -0.05) is 18.2 Å². The van der Waals surface area contributed by atoms with E-state index < -0.39 is 23.4 Å². The van der Waals surface area contributed by atoms with Crippen LogP contribution >= 0.6 is 0 Å². The van der Waals surface area contributed by atoms with Crippen molar-refractivity contribution in [3.63, 3.8) is 0 Å². The van der Waals surface area contributed by atoms with Gasteiger partial charge in [-0.25, -0.2) is 9.59 Å². The Labute approximate surface area is 134 Å². The molecule has 7 heteroatoms. The summed E-state index contributed by atoms with van der Waals surface area (Å²) >= 11 is 0. The summed E-state index contributed by atoms with van der Waals surface area (Å²) < 4.78 is 10.3. The van der Waals surface area contributed by atoms with E-state index in [0.717, 1.165) is 6.92 Å². The van der Waals surface area contributed by atoms with Crippen LogP contribution in [0.2, 0.25) is 0 Å². The van der Waals surface area contributed by atoms with Crippen molar-refractivity contribution >= 4 is 17.8 Å². The number of para-hydroxylation sites is 1. The minimum absolute atomic E-state index is 0.0218. The van der Waals surface area contributed by atoms with Crippen LogP contribution in [-0.4, -0.2) is 41.7 Å². The molecule has 0 bridgehead atoms. The monoisotopic (exact) mass is 323 g/mol. The van der Waals surface area contributed by atoms with Crippen LogP contribution in [0.15, 0.2) is 30.3 Å². The maximum atomic E-state index is 12.0. The van der Waals surface area contributed by atoms with Crippen LogP contribution in [0.5, 0.6) is 5.75 Å². The SMILES string of the molecule is CCOC(=O)C(CCCOc1ccccc1)(NC(C)=O)C(=O)O. The summed E-state index contributed by atoms with van der Waals surface area (Å²) in [5, 5.41) is 11.6. The first kappa shape index (κ1) is 18.5. The molecule has 0 radical (unpaired) electrons. The second-order valence-electron chi connectivity index (χ2n) is 4.88. The number of rotatable bonds is 9. The Hall–Kier alpha value is -2.57. The van der Waals surface area contributed by atoms with Crippen LogP contribution in [0.25, 0.3) is 0 Å². The van der Waals surface area contributed by atoms with Gasteiger partial charge in [-0.3, -0.25) is 4.79 Å². The highest BCUT2D eigenvalue weighted by molar-refractivity contribution is 6.06. The first-order valence-corrected chi connectivity index (χ1v) is 7.29. The Balaban J connectivity index is 2.73. The fourth-order valence-corrected chi connectivity index (χ4v) is 2.06. The number of amides is 1. The minimum atomic E-state index is -2.10. The molecule has 23 heavy (non-hydrogen) atoms. The number of hydrogen-bond donors (Lipinski definition) is 2. The third-order valence-electron chi connectivity index (χ3n) is 3.09. The molecule has 0 heterocycles. The summed E-state index contributed by atoms with van der Waals surface area (Å²) in [7, 11) is 0. The molecule has 0 aliphatic carbocycles. The predicted octanol–water partition coefficient (Wildman–Crippen LogP) is 1.37. The maximum Gasteiger partial charge on any atom is 0.343 e. The Bertz CT molecular complexity index is 545. The van der Waals surface area contributed by atoms with Gasteiger partial charge in [0.25, 0.3) is 0 Å². The summed E-state index contributed by atoms with van der Waals surface area (Å²) in [6.45, 7) is 2.94. The number of aliphatic carboxylic acids is 1. The van der Waals surface area contributed by atoms with Crippen LogP contribution in [0.4, 0.5) is 0 Å². The van der Waals surface area contributed by atoms with Crippen molar-refractivity contribution in [3.05, 3.63) is 30.3 Å². The Morgan fingerprint density at radius 2 is 1.87 bits per heavy atom. The van der Waals surface area contributed by atoms with Crippen LogP contribution in [0.3, 0.4) is 0 Å².